The maximum absolute atomic E-state index is 13.3. The third-order valence-electron chi connectivity index (χ3n) is 6.00. The summed E-state index contributed by atoms with van der Waals surface area (Å²) in [5, 5.41) is 11.8. The summed E-state index contributed by atoms with van der Waals surface area (Å²) in [5.41, 5.74) is 2.25. The molecule has 0 spiro atoms. The number of amides is 1. The smallest absolute Gasteiger partial charge is 0.300 e. The van der Waals surface area contributed by atoms with Gasteiger partial charge in [0.05, 0.1) is 21.7 Å². The van der Waals surface area contributed by atoms with Crippen molar-refractivity contribution in [3.05, 3.63) is 87.4 Å². The van der Waals surface area contributed by atoms with E-state index in [1.54, 1.807) is 24.3 Å². The number of hydrogen-bond acceptors (Lipinski definition) is 6. The molecule has 1 N–H and O–H groups in total. The van der Waals surface area contributed by atoms with Gasteiger partial charge in [0.25, 0.3) is 11.7 Å². The third kappa shape index (κ3) is 3.96. The van der Waals surface area contributed by atoms with Gasteiger partial charge in [-0.15, -0.1) is 0 Å². The highest BCUT2D eigenvalue weighted by Crippen LogP contribution is 2.45. The Balaban J connectivity index is 1.70. The summed E-state index contributed by atoms with van der Waals surface area (Å²) in [6.07, 6.45) is 0. The number of carbonyl (C=O) groups excluding carboxylic acids is 2. The van der Waals surface area contributed by atoms with Crippen molar-refractivity contribution in [2.45, 2.75) is 6.04 Å². The first-order valence-corrected chi connectivity index (χ1v) is 11.4. The minimum Gasteiger partial charge on any atom is -0.507 e. The predicted molar refractivity (Wildman–Crippen MR) is 135 cm³/mol. The first-order valence-electron chi connectivity index (χ1n) is 10.7. The molecular formula is C26H20Cl2N2O5. The Morgan fingerprint density at radius 1 is 0.943 bits per heavy atom. The van der Waals surface area contributed by atoms with Crippen LogP contribution in [0.25, 0.3) is 5.76 Å². The van der Waals surface area contributed by atoms with Crippen LogP contribution in [0.4, 0.5) is 11.4 Å². The Kier molecular flexibility index (Phi) is 5.83. The van der Waals surface area contributed by atoms with Crippen LogP contribution in [0.15, 0.2) is 66.2 Å². The number of nitrogens with zero attached hydrogens (tertiary/aromatic N) is 2. The van der Waals surface area contributed by atoms with Crippen LogP contribution in [-0.4, -0.2) is 37.7 Å². The monoisotopic (exact) mass is 510 g/mol. The molecular weight excluding hydrogens is 491 g/mol. The number of anilines is 2. The second-order valence-corrected chi connectivity index (χ2v) is 9.14. The van der Waals surface area contributed by atoms with Crippen LogP contribution in [0.2, 0.25) is 10.0 Å². The Morgan fingerprint density at radius 2 is 1.66 bits per heavy atom. The maximum Gasteiger partial charge on any atom is 0.300 e. The van der Waals surface area contributed by atoms with Crippen molar-refractivity contribution in [1.29, 1.82) is 0 Å². The number of carbonyl (C=O) groups is 2. The van der Waals surface area contributed by atoms with Crippen molar-refractivity contribution in [3.63, 3.8) is 0 Å². The standard InChI is InChI=1S/C26H20Cl2N2O5/c1-29(2)16-6-3-14(4-7-16)23-22(24(31)15-5-9-18(27)19(28)11-15)25(32)26(33)30(23)17-8-10-20-21(12-17)35-13-34-20/h3-12,23,31H,13H2,1-2H3/b24-22+. The number of aliphatic hydroxyl groups excluding tert-OH is 1. The molecule has 2 aliphatic rings. The van der Waals surface area contributed by atoms with Crippen molar-refractivity contribution >= 4 is 52.0 Å². The number of Topliss-reactive ketones (excluding diaryl/α,β-unsaturated/α-hetero) is 1. The highest BCUT2D eigenvalue weighted by molar-refractivity contribution is 6.51. The van der Waals surface area contributed by atoms with Gasteiger partial charge in [-0.3, -0.25) is 14.5 Å². The molecule has 1 unspecified atom stereocenters. The molecule has 7 nitrogen and oxygen atoms in total. The van der Waals surface area contributed by atoms with Crippen LogP contribution in [0, 0.1) is 0 Å². The van der Waals surface area contributed by atoms with Gasteiger partial charge in [-0.25, -0.2) is 0 Å². The largest absolute Gasteiger partial charge is 0.507 e. The molecule has 0 bridgehead atoms. The van der Waals surface area contributed by atoms with Crippen molar-refractivity contribution in [2.24, 2.45) is 0 Å². The van der Waals surface area contributed by atoms with Crippen molar-refractivity contribution in [2.75, 3.05) is 30.7 Å². The lowest BCUT2D eigenvalue weighted by Gasteiger charge is -2.26. The molecule has 178 valence electrons. The Bertz CT molecular complexity index is 1380. The summed E-state index contributed by atoms with van der Waals surface area (Å²) in [6, 6.07) is 16.1. The Hall–Kier alpha value is -3.68. The topological polar surface area (TPSA) is 79.3 Å². The second-order valence-electron chi connectivity index (χ2n) is 8.32. The summed E-state index contributed by atoms with van der Waals surface area (Å²) in [4.78, 5) is 29.9. The van der Waals surface area contributed by atoms with Crippen molar-refractivity contribution < 1.29 is 24.2 Å². The van der Waals surface area contributed by atoms with E-state index in [1.807, 2.05) is 43.3 Å². The zero-order chi connectivity index (χ0) is 24.9. The summed E-state index contributed by atoms with van der Waals surface area (Å²) >= 11 is 12.2. The van der Waals surface area contributed by atoms with Crippen LogP contribution in [0.1, 0.15) is 17.2 Å². The van der Waals surface area contributed by atoms with Gasteiger partial charge in [0.2, 0.25) is 6.79 Å². The van der Waals surface area contributed by atoms with E-state index in [1.165, 1.54) is 17.0 Å². The van der Waals surface area contributed by atoms with Crippen LogP contribution < -0.4 is 19.3 Å². The highest BCUT2D eigenvalue weighted by Gasteiger charge is 2.47. The maximum atomic E-state index is 13.3. The number of halogens is 2. The summed E-state index contributed by atoms with van der Waals surface area (Å²) < 4.78 is 10.9. The van der Waals surface area contributed by atoms with E-state index in [9.17, 15) is 14.7 Å². The van der Waals surface area contributed by atoms with E-state index in [0.717, 1.165) is 5.69 Å². The number of ether oxygens (including phenoxy) is 2. The Morgan fingerprint density at radius 3 is 2.34 bits per heavy atom. The van der Waals surface area contributed by atoms with Crippen molar-refractivity contribution in [3.8, 4) is 11.5 Å². The fourth-order valence-electron chi connectivity index (χ4n) is 4.20. The van der Waals surface area contributed by atoms with Gasteiger partial charge in [-0.1, -0.05) is 35.3 Å². The van der Waals surface area contributed by atoms with E-state index in [0.29, 0.717) is 27.8 Å². The molecule has 2 aliphatic heterocycles. The number of rotatable bonds is 4. The van der Waals surface area contributed by atoms with Gasteiger partial charge in [-0.05, 0) is 48.0 Å². The molecule has 1 amide bonds. The number of aliphatic hydroxyl groups is 1. The number of ketones is 1. The lowest BCUT2D eigenvalue weighted by Crippen LogP contribution is -2.29. The number of hydrogen-bond donors (Lipinski definition) is 1. The van der Waals surface area contributed by atoms with Crippen LogP contribution in [0.3, 0.4) is 0 Å². The minimum absolute atomic E-state index is 0.0522. The van der Waals surface area contributed by atoms with Gasteiger partial charge >= 0.3 is 0 Å². The Labute approximate surface area is 211 Å². The van der Waals surface area contributed by atoms with Crippen LogP contribution in [-0.2, 0) is 9.59 Å². The first-order chi connectivity index (χ1) is 16.8. The minimum atomic E-state index is -0.888. The molecule has 0 radical (unpaired) electrons. The summed E-state index contributed by atoms with van der Waals surface area (Å²) in [5.74, 6) is -0.907. The fraction of sp³-hybridized carbons (Fsp3) is 0.154. The third-order valence-corrected chi connectivity index (χ3v) is 6.74. The molecule has 3 aromatic rings. The second kappa shape index (κ2) is 8.83. The molecule has 0 saturated carbocycles. The normalized spacial score (nSPS) is 18.3. The quantitative estimate of drug-likeness (QED) is 0.287. The highest BCUT2D eigenvalue weighted by atomic mass is 35.5. The van der Waals surface area contributed by atoms with Gasteiger partial charge in [0.15, 0.2) is 11.5 Å². The van der Waals surface area contributed by atoms with E-state index in [-0.39, 0.29) is 28.7 Å². The zero-order valence-corrected chi connectivity index (χ0v) is 20.3. The van der Waals surface area contributed by atoms with Gasteiger partial charge < -0.3 is 19.5 Å². The first kappa shape index (κ1) is 23.1. The molecule has 5 rings (SSSR count). The molecule has 2 heterocycles. The lowest BCUT2D eigenvalue weighted by atomic mass is 9.95. The average Bonchev–Trinajstić information content (AvgIpc) is 3.42. The summed E-state index contributed by atoms with van der Waals surface area (Å²) in [6.45, 7) is 0.0738. The molecule has 0 aliphatic carbocycles. The summed E-state index contributed by atoms with van der Waals surface area (Å²) in [7, 11) is 3.83. The SMILES string of the molecule is CN(C)c1ccc(C2/C(=C(\O)c3ccc(Cl)c(Cl)c3)C(=O)C(=O)N2c2ccc3c(c2)OCO3)cc1. The van der Waals surface area contributed by atoms with Gasteiger partial charge in [0, 0.05) is 37.1 Å². The fourth-order valence-corrected chi connectivity index (χ4v) is 4.50. The predicted octanol–water partition coefficient (Wildman–Crippen LogP) is 5.41. The lowest BCUT2D eigenvalue weighted by molar-refractivity contribution is -0.132. The zero-order valence-electron chi connectivity index (χ0n) is 18.8. The van der Waals surface area contributed by atoms with Gasteiger partial charge in [-0.2, -0.15) is 0 Å². The van der Waals surface area contributed by atoms with E-state index in [2.05, 4.69) is 0 Å². The molecule has 3 aromatic carbocycles. The molecule has 1 saturated heterocycles. The number of fused-ring (bicyclic) bond motifs is 1. The van der Waals surface area contributed by atoms with Crippen LogP contribution >= 0.6 is 23.2 Å². The van der Waals surface area contributed by atoms with E-state index in [4.69, 9.17) is 32.7 Å². The number of benzene rings is 3. The molecule has 0 aromatic heterocycles. The molecule has 1 fully saturated rings. The van der Waals surface area contributed by atoms with E-state index < -0.39 is 17.7 Å². The van der Waals surface area contributed by atoms with Gasteiger partial charge in [0.1, 0.15) is 5.76 Å². The molecule has 9 heteroatoms. The average molecular weight is 511 g/mol. The van der Waals surface area contributed by atoms with Crippen LogP contribution in [0.5, 0.6) is 11.5 Å². The molecule has 1 atom stereocenters. The van der Waals surface area contributed by atoms with E-state index >= 15 is 0 Å². The molecule has 35 heavy (non-hydrogen) atoms. The van der Waals surface area contributed by atoms with Crippen molar-refractivity contribution in [1.82, 2.24) is 0 Å².